The molecule has 0 saturated heterocycles. The highest BCUT2D eigenvalue weighted by Gasteiger charge is 2.12. The smallest absolute Gasteiger partial charge is 0.261 e. The Morgan fingerprint density at radius 1 is 1.67 bits per heavy atom. The van der Waals surface area contributed by atoms with Gasteiger partial charge in [0.1, 0.15) is 0 Å². The minimum absolute atomic E-state index is 0.135. The van der Waals surface area contributed by atoms with Gasteiger partial charge in [-0.15, -0.1) is 11.3 Å². The van der Waals surface area contributed by atoms with Gasteiger partial charge in [-0.25, -0.2) is 0 Å². The predicted octanol–water partition coefficient (Wildman–Crippen LogP) is 0.494. The normalized spacial score (nSPS) is 14.7. The van der Waals surface area contributed by atoms with E-state index in [1.54, 1.807) is 13.0 Å². The van der Waals surface area contributed by atoms with Crippen LogP contribution in [0.5, 0.6) is 0 Å². The molecule has 1 rings (SSSR count). The van der Waals surface area contributed by atoms with Crippen LogP contribution in [0.1, 0.15) is 21.5 Å². The minimum Gasteiger partial charge on any atom is -0.392 e. The van der Waals surface area contributed by atoms with Crippen LogP contribution in [0, 0.1) is 6.92 Å². The second-order valence-electron chi connectivity index (χ2n) is 3.52. The molecule has 84 valence electrons. The van der Waals surface area contributed by atoms with Crippen LogP contribution >= 0.6 is 11.3 Å². The monoisotopic (exact) mass is 228 g/mol. The fraction of sp³-hybridized carbons (Fsp3) is 0.500. The van der Waals surface area contributed by atoms with Crippen LogP contribution in [0.4, 0.5) is 0 Å². The number of thiophene rings is 1. The summed E-state index contributed by atoms with van der Waals surface area (Å²) in [6.07, 6.45) is -0.615. The van der Waals surface area contributed by atoms with Crippen molar-refractivity contribution in [2.75, 3.05) is 6.54 Å². The van der Waals surface area contributed by atoms with Gasteiger partial charge in [-0.05, 0) is 26.0 Å². The summed E-state index contributed by atoms with van der Waals surface area (Å²) in [5.41, 5.74) is 5.59. The quantitative estimate of drug-likeness (QED) is 0.702. The van der Waals surface area contributed by atoms with Gasteiger partial charge in [-0.3, -0.25) is 4.79 Å². The molecular formula is C10H16N2O2S. The minimum atomic E-state index is -0.615. The summed E-state index contributed by atoms with van der Waals surface area (Å²) in [5, 5.41) is 11.8. The summed E-state index contributed by atoms with van der Waals surface area (Å²) in [7, 11) is 0. The van der Waals surface area contributed by atoms with Crippen LogP contribution in [0.25, 0.3) is 0 Å². The Balaban J connectivity index is 2.43. The van der Waals surface area contributed by atoms with Crippen LogP contribution in [0.15, 0.2) is 12.1 Å². The van der Waals surface area contributed by atoms with E-state index in [1.807, 2.05) is 13.0 Å². The maximum atomic E-state index is 11.5. The highest BCUT2D eigenvalue weighted by molar-refractivity contribution is 7.13. The van der Waals surface area contributed by atoms with E-state index >= 15 is 0 Å². The Kier molecular flexibility index (Phi) is 4.26. The zero-order chi connectivity index (χ0) is 11.4. The van der Waals surface area contributed by atoms with Gasteiger partial charge >= 0.3 is 0 Å². The number of carbonyl (C=O) groups excluding carboxylic acids is 1. The van der Waals surface area contributed by atoms with Crippen molar-refractivity contribution in [3.05, 3.63) is 21.9 Å². The van der Waals surface area contributed by atoms with E-state index in [0.717, 1.165) is 4.88 Å². The summed E-state index contributed by atoms with van der Waals surface area (Å²) in [4.78, 5) is 13.3. The molecule has 0 aromatic carbocycles. The molecular weight excluding hydrogens is 212 g/mol. The predicted molar refractivity (Wildman–Crippen MR) is 61.0 cm³/mol. The van der Waals surface area contributed by atoms with Gasteiger partial charge in [0.2, 0.25) is 0 Å². The first kappa shape index (κ1) is 12.2. The van der Waals surface area contributed by atoms with Crippen molar-refractivity contribution in [1.82, 2.24) is 5.32 Å². The second kappa shape index (κ2) is 5.25. The highest BCUT2D eigenvalue weighted by atomic mass is 32.1. The number of hydrogen-bond donors (Lipinski definition) is 3. The summed E-state index contributed by atoms with van der Waals surface area (Å²) < 4.78 is 0. The molecule has 2 unspecified atom stereocenters. The van der Waals surface area contributed by atoms with Gasteiger partial charge < -0.3 is 16.2 Å². The molecule has 1 aromatic rings. The molecule has 0 saturated carbocycles. The number of carbonyl (C=O) groups is 1. The zero-order valence-electron chi connectivity index (χ0n) is 8.86. The van der Waals surface area contributed by atoms with Gasteiger partial charge in [-0.2, -0.15) is 0 Å². The highest BCUT2D eigenvalue weighted by Crippen LogP contribution is 2.14. The van der Waals surface area contributed by atoms with Gasteiger partial charge in [0.05, 0.1) is 11.0 Å². The van der Waals surface area contributed by atoms with Crippen molar-refractivity contribution in [3.8, 4) is 0 Å². The summed E-state index contributed by atoms with van der Waals surface area (Å²) in [6, 6.07) is 3.26. The third kappa shape index (κ3) is 3.62. The average Bonchev–Trinajstić information content (AvgIpc) is 2.60. The summed E-state index contributed by atoms with van der Waals surface area (Å²) in [5.74, 6) is -0.135. The molecule has 0 aliphatic heterocycles. The maximum absolute atomic E-state index is 11.5. The van der Waals surface area contributed by atoms with Crippen molar-refractivity contribution in [3.63, 3.8) is 0 Å². The molecule has 1 aromatic heterocycles. The van der Waals surface area contributed by atoms with Crippen LogP contribution in [-0.4, -0.2) is 29.7 Å². The Morgan fingerprint density at radius 3 is 2.80 bits per heavy atom. The molecule has 0 bridgehead atoms. The first-order valence-corrected chi connectivity index (χ1v) is 5.60. The fourth-order valence-electron chi connectivity index (χ4n) is 1.02. The Hall–Kier alpha value is -0.910. The molecule has 5 heteroatoms. The van der Waals surface area contributed by atoms with E-state index < -0.39 is 12.1 Å². The lowest BCUT2D eigenvalue weighted by molar-refractivity contribution is 0.0941. The van der Waals surface area contributed by atoms with E-state index in [-0.39, 0.29) is 12.5 Å². The SMILES string of the molecule is Cc1ccc(C(=O)NCC(N)C(C)O)s1. The number of aliphatic hydroxyl groups is 1. The molecule has 0 aliphatic carbocycles. The zero-order valence-corrected chi connectivity index (χ0v) is 9.67. The fourth-order valence-corrected chi connectivity index (χ4v) is 1.81. The van der Waals surface area contributed by atoms with Crippen LogP contribution < -0.4 is 11.1 Å². The Labute approximate surface area is 93.1 Å². The van der Waals surface area contributed by atoms with Crippen molar-refractivity contribution in [2.24, 2.45) is 5.73 Å². The van der Waals surface area contributed by atoms with Crippen LogP contribution in [0.3, 0.4) is 0 Å². The molecule has 0 fully saturated rings. The molecule has 1 heterocycles. The molecule has 1 amide bonds. The van der Waals surface area contributed by atoms with Gasteiger partial charge in [-0.1, -0.05) is 0 Å². The van der Waals surface area contributed by atoms with Crippen LogP contribution in [-0.2, 0) is 0 Å². The lowest BCUT2D eigenvalue weighted by Gasteiger charge is -2.14. The van der Waals surface area contributed by atoms with Crippen molar-refractivity contribution >= 4 is 17.2 Å². The molecule has 2 atom stereocenters. The largest absolute Gasteiger partial charge is 0.392 e. The van der Waals surface area contributed by atoms with E-state index in [1.165, 1.54) is 11.3 Å². The second-order valence-corrected chi connectivity index (χ2v) is 4.81. The lowest BCUT2D eigenvalue weighted by Crippen LogP contribution is -2.43. The number of amides is 1. The molecule has 15 heavy (non-hydrogen) atoms. The topological polar surface area (TPSA) is 75.4 Å². The van der Waals surface area contributed by atoms with E-state index in [9.17, 15) is 4.79 Å². The Bertz CT molecular complexity index is 336. The summed E-state index contributed by atoms with van der Waals surface area (Å²) in [6.45, 7) is 3.84. The number of nitrogens with two attached hydrogens (primary N) is 1. The third-order valence-corrected chi connectivity index (χ3v) is 3.08. The van der Waals surface area contributed by atoms with E-state index in [2.05, 4.69) is 5.32 Å². The molecule has 0 aliphatic rings. The van der Waals surface area contributed by atoms with E-state index in [0.29, 0.717) is 4.88 Å². The first-order valence-electron chi connectivity index (χ1n) is 4.79. The molecule has 4 nitrogen and oxygen atoms in total. The summed E-state index contributed by atoms with van der Waals surface area (Å²) >= 11 is 1.44. The third-order valence-electron chi connectivity index (χ3n) is 2.08. The lowest BCUT2D eigenvalue weighted by atomic mass is 10.2. The number of hydrogen-bond acceptors (Lipinski definition) is 4. The van der Waals surface area contributed by atoms with Crippen LogP contribution in [0.2, 0.25) is 0 Å². The van der Waals surface area contributed by atoms with Gasteiger partial charge in [0.25, 0.3) is 5.91 Å². The average molecular weight is 228 g/mol. The first-order chi connectivity index (χ1) is 7.00. The number of nitrogens with one attached hydrogen (secondary N) is 1. The van der Waals surface area contributed by atoms with Crippen molar-refractivity contribution in [1.29, 1.82) is 0 Å². The molecule has 0 radical (unpaired) electrons. The van der Waals surface area contributed by atoms with Gasteiger partial charge in [0, 0.05) is 17.5 Å². The van der Waals surface area contributed by atoms with Gasteiger partial charge in [0.15, 0.2) is 0 Å². The molecule has 0 spiro atoms. The number of aryl methyl sites for hydroxylation is 1. The maximum Gasteiger partial charge on any atom is 0.261 e. The number of rotatable bonds is 4. The molecule has 4 N–H and O–H groups in total. The van der Waals surface area contributed by atoms with E-state index in [4.69, 9.17) is 10.8 Å². The van der Waals surface area contributed by atoms with Crippen molar-refractivity contribution < 1.29 is 9.90 Å². The van der Waals surface area contributed by atoms with Crippen molar-refractivity contribution in [2.45, 2.75) is 26.0 Å². The standard InChI is InChI=1S/C10H16N2O2S/c1-6-3-4-9(15-6)10(14)12-5-8(11)7(2)13/h3-4,7-8,13H,5,11H2,1-2H3,(H,12,14). The Morgan fingerprint density at radius 2 is 2.33 bits per heavy atom. The number of aliphatic hydroxyl groups excluding tert-OH is 1.